The first-order valence-electron chi connectivity index (χ1n) is 11.2. The lowest BCUT2D eigenvalue weighted by molar-refractivity contribution is 0.102. The summed E-state index contributed by atoms with van der Waals surface area (Å²) in [6, 6.07) is 7.47. The zero-order valence-corrected chi connectivity index (χ0v) is 18.9. The van der Waals surface area contributed by atoms with E-state index in [-0.39, 0.29) is 5.91 Å². The minimum Gasteiger partial charge on any atom is -0.492 e. The maximum atomic E-state index is 12.7. The number of carbonyl (C=O) groups is 1. The Morgan fingerprint density at radius 3 is 2.59 bits per heavy atom. The Morgan fingerprint density at radius 1 is 1.16 bits per heavy atom. The summed E-state index contributed by atoms with van der Waals surface area (Å²) in [4.78, 5) is 23.9. The smallest absolute Gasteiger partial charge is 0.273 e. The summed E-state index contributed by atoms with van der Waals surface area (Å²) in [5, 5.41) is 9.89. The number of aromatic nitrogens is 4. The maximum absolute atomic E-state index is 12.7. The third kappa shape index (κ3) is 4.96. The molecule has 0 aliphatic carbocycles. The van der Waals surface area contributed by atoms with Crippen molar-refractivity contribution in [3.8, 4) is 16.9 Å². The number of nitrogens with one attached hydrogen (secondary N) is 2. The van der Waals surface area contributed by atoms with Gasteiger partial charge in [0.05, 0.1) is 5.69 Å². The van der Waals surface area contributed by atoms with E-state index in [1.807, 2.05) is 39.0 Å². The summed E-state index contributed by atoms with van der Waals surface area (Å²) in [7, 11) is 0. The van der Waals surface area contributed by atoms with Gasteiger partial charge >= 0.3 is 0 Å². The number of aryl methyl sites for hydroxylation is 3. The van der Waals surface area contributed by atoms with Gasteiger partial charge in [-0.25, -0.2) is 9.97 Å². The molecule has 1 aliphatic heterocycles. The first-order valence-corrected chi connectivity index (χ1v) is 11.2. The van der Waals surface area contributed by atoms with Gasteiger partial charge in [-0.05, 0) is 70.5 Å². The van der Waals surface area contributed by atoms with Gasteiger partial charge in [-0.2, -0.15) is 5.10 Å². The number of carbonyl (C=O) groups excluding carboxylic acids is 1. The number of hydrogen-bond acceptors (Lipinski definition) is 6. The van der Waals surface area contributed by atoms with Crippen LogP contribution in [0.4, 0.5) is 5.69 Å². The van der Waals surface area contributed by atoms with Crippen LogP contribution in [-0.4, -0.2) is 57.2 Å². The highest BCUT2D eigenvalue weighted by Crippen LogP contribution is 2.35. The molecule has 0 unspecified atom stereocenters. The molecule has 0 bridgehead atoms. The van der Waals surface area contributed by atoms with E-state index >= 15 is 0 Å². The standard InChI is InChI=1S/C24H30N6O2/c1-4-18-14-21(29-28-18)24(31)27-19-7-8-22(32-12-11-30-9-5-6-10-30)20(13-19)23-16(2)25-15-26-17(23)3/h7-8,13-15H,4-6,9-12H2,1-3H3,(H,27,31)(H,28,29). The van der Waals surface area contributed by atoms with Crippen LogP contribution in [0.5, 0.6) is 5.75 Å². The summed E-state index contributed by atoms with van der Waals surface area (Å²) >= 11 is 0. The summed E-state index contributed by atoms with van der Waals surface area (Å²) in [6.45, 7) is 9.71. The van der Waals surface area contributed by atoms with Crippen LogP contribution in [0.25, 0.3) is 11.1 Å². The Hall–Kier alpha value is -3.26. The molecule has 0 radical (unpaired) electrons. The number of amides is 1. The molecule has 0 atom stereocenters. The zero-order valence-electron chi connectivity index (χ0n) is 18.9. The molecule has 3 aromatic rings. The number of ether oxygens (including phenoxy) is 1. The zero-order chi connectivity index (χ0) is 22.5. The first-order chi connectivity index (χ1) is 15.5. The van der Waals surface area contributed by atoms with Crippen LogP contribution >= 0.6 is 0 Å². The highest BCUT2D eigenvalue weighted by molar-refractivity contribution is 6.03. The van der Waals surface area contributed by atoms with E-state index in [4.69, 9.17) is 4.74 Å². The van der Waals surface area contributed by atoms with E-state index in [0.29, 0.717) is 18.0 Å². The van der Waals surface area contributed by atoms with Gasteiger partial charge in [-0.15, -0.1) is 0 Å². The number of aromatic amines is 1. The number of benzene rings is 1. The maximum Gasteiger partial charge on any atom is 0.273 e. The van der Waals surface area contributed by atoms with Gasteiger partial charge in [0.2, 0.25) is 0 Å². The van der Waals surface area contributed by atoms with Crippen LogP contribution in [0.3, 0.4) is 0 Å². The fourth-order valence-electron chi connectivity index (χ4n) is 4.06. The second-order valence-electron chi connectivity index (χ2n) is 8.11. The third-order valence-corrected chi connectivity index (χ3v) is 5.83. The van der Waals surface area contributed by atoms with Crippen LogP contribution in [0.2, 0.25) is 0 Å². The molecule has 1 amide bonds. The van der Waals surface area contributed by atoms with Gasteiger partial charge in [0.25, 0.3) is 5.91 Å². The van der Waals surface area contributed by atoms with Crippen molar-refractivity contribution in [3.63, 3.8) is 0 Å². The first kappa shape index (κ1) is 22.0. The van der Waals surface area contributed by atoms with E-state index in [1.165, 1.54) is 12.8 Å². The van der Waals surface area contributed by atoms with Crippen molar-refractivity contribution in [2.75, 3.05) is 31.6 Å². The van der Waals surface area contributed by atoms with E-state index in [9.17, 15) is 4.79 Å². The Bertz CT molecular complexity index is 1070. The molecule has 32 heavy (non-hydrogen) atoms. The van der Waals surface area contributed by atoms with Gasteiger partial charge in [0.15, 0.2) is 0 Å². The lowest BCUT2D eigenvalue weighted by Crippen LogP contribution is -2.25. The fraction of sp³-hybridized carbons (Fsp3) is 0.417. The number of H-pyrrole nitrogens is 1. The summed E-state index contributed by atoms with van der Waals surface area (Å²) in [5.74, 6) is 0.529. The predicted molar refractivity (Wildman–Crippen MR) is 124 cm³/mol. The fourth-order valence-corrected chi connectivity index (χ4v) is 4.06. The Labute approximate surface area is 188 Å². The van der Waals surface area contributed by atoms with Crippen molar-refractivity contribution in [1.29, 1.82) is 0 Å². The van der Waals surface area contributed by atoms with Crippen LogP contribution < -0.4 is 10.1 Å². The van der Waals surface area contributed by atoms with Gasteiger partial charge < -0.3 is 10.1 Å². The predicted octanol–water partition coefficient (Wildman–Crippen LogP) is 3.77. The lowest BCUT2D eigenvalue weighted by Gasteiger charge is -2.18. The molecule has 8 heteroatoms. The van der Waals surface area contributed by atoms with Crippen LogP contribution in [0.15, 0.2) is 30.6 Å². The number of nitrogens with zero attached hydrogens (tertiary/aromatic N) is 4. The Kier molecular flexibility index (Phi) is 6.80. The summed E-state index contributed by atoms with van der Waals surface area (Å²) in [5.41, 5.74) is 5.49. The number of rotatable bonds is 8. The van der Waals surface area contributed by atoms with Gasteiger partial charge in [-0.3, -0.25) is 14.8 Å². The van der Waals surface area contributed by atoms with Crippen molar-refractivity contribution in [2.45, 2.75) is 40.0 Å². The molecule has 0 spiro atoms. The van der Waals surface area contributed by atoms with Crippen molar-refractivity contribution >= 4 is 11.6 Å². The Balaban J connectivity index is 1.59. The normalized spacial score (nSPS) is 14.0. The average molecular weight is 435 g/mol. The Morgan fingerprint density at radius 2 is 1.91 bits per heavy atom. The third-order valence-electron chi connectivity index (χ3n) is 5.83. The molecule has 1 saturated heterocycles. The van der Waals surface area contributed by atoms with Crippen LogP contribution in [0, 0.1) is 13.8 Å². The highest BCUT2D eigenvalue weighted by atomic mass is 16.5. The van der Waals surface area contributed by atoms with E-state index in [0.717, 1.165) is 60.0 Å². The summed E-state index contributed by atoms with van der Waals surface area (Å²) in [6.07, 6.45) is 4.85. The van der Waals surface area contributed by atoms with Crippen molar-refractivity contribution in [2.24, 2.45) is 0 Å². The molecule has 1 aromatic carbocycles. The summed E-state index contributed by atoms with van der Waals surface area (Å²) < 4.78 is 6.20. The minimum absolute atomic E-state index is 0.233. The molecular formula is C24H30N6O2. The van der Waals surface area contributed by atoms with Crippen molar-refractivity contribution in [3.05, 3.63) is 53.4 Å². The molecule has 8 nitrogen and oxygen atoms in total. The highest BCUT2D eigenvalue weighted by Gasteiger charge is 2.17. The van der Waals surface area contributed by atoms with Gasteiger partial charge in [0.1, 0.15) is 24.4 Å². The molecule has 0 saturated carbocycles. The van der Waals surface area contributed by atoms with Gasteiger partial charge in [-0.1, -0.05) is 6.92 Å². The quantitative estimate of drug-likeness (QED) is 0.560. The SMILES string of the molecule is CCc1cc(C(=O)Nc2ccc(OCCN3CCCC3)c(-c3c(C)ncnc3C)c2)[nH]n1. The molecule has 4 rings (SSSR count). The number of likely N-dealkylation sites (tertiary alicyclic amines) is 1. The molecule has 168 valence electrons. The van der Waals surface area contributed by atoms with Crippen molar-refractivity contribution < 1.29 is 9.53 Å². The second-order valence-corrected chi connectivity index (χ2v) is 8.11. The lowest BCUT2D eigenvalue weighted by atomic mass is 10.0. The van der Waals surface area contributed by atoms with E-state index < -0.39 is 0 Å². The molecular weight excluding hydrogens is 404 g/mol. The van der Waals surface area contributed by atoms with Crippen LogP contribution in [0.1, 0.15) is 47.3 Å². The molecule has 2 N–H and O–H groups in total. The molecule has 2 aromatic heterocycles. The van der Waals surface area contributed by atoms with Gasteiger partial charge in [0, 0.05) is 34.7 Å². The average Bonchev–Trinajstić information content (AvgIpc) is 3.47. The van der Waals surface area contributed by atoms with Crippen LogP contribution in [-0.2, 0) is 6.42 Å². The molecule has 1 aliphatic rings. The minimum atomic E-state index is -0.233. The monoisotopic (exact) mass is 434 g/mol. The number of hydrogen-bond donors (Lipinski definition) is 2. The van der Waals surface area contributed by atoms with Crippen molar-refractivity contribution in [1.82, 2.24) is 25.1 Å². The second kappa shape index (κ2) is 9.91. The van der Waals surface area contributed by atoms with E-state index in [2.05, 4.69) is 30.4 Å². The number of anilines is 1. The largest absolute Gasteiger partial charge is 0.492 e. The molecule has 3 heterocycles. The topological polar surface area (TPSA) is 96.0 Å². The molecule has 1 fully saturated rings. The van der Waals surface area contributed by atoms with E-state index in [1.54, 1.807) is 12.4 Å².